The van der Waals surface area contributed by atoms with Crippen molar-refractivity contribution < 1.29 is 14.3 Å². The van der Waals surface area contributed by atoms with E-state index in [0.29, 0.717) is 24.8 Å². The van der Waals surface area contributed by atoms with E-state index < -0.39 is 6.04 Å². The molecule has 0 bridgehead atoms. The summed E-state index contributed by atoms with van der Waals surface area (Å²) in [5.41, 5.74) is 2.40. The van der Waals surface area contributed by atoms with E-state index in [1.165, 1.54) is 0 Å². The van der Waals surface area contributed by atoms with Crippen molar-refractivity contribution in [3.05, 3.63) is 46.6 Å². The van der Waals surface area contributed by atoms with Crippen LogP contribution in [0.4, 0.5) is 0 Å². The molecule has 4 heterocycles. The molecule has 9 heteroatoms. The van der Waals surface area contributed by atoms with E-state index in [0.717, 1.165) is 58.6 Å². The number of fused-ring (bicyclic) bond motifs is 1. The summed E-state index contributed by atoms with van der Waals surface area (Å²) >= 11 is 8.08. The van der Waals surface area contributed by atoms with Crippen molar-refractivity contribution in [1.82, 2.24) is 20.2 Å². The molecular formula is C28H33ClN4O3S. The molecule has 0 saturated carbocycles. The first-order chi connectivity index (χ1) is 18.0. The van der Waals surface area contributed by atoms with Crippen molar-refractivity contribution in [3.63, 3.8) is 0 Å². The highest BCUT2D eigenvalue weighted by molar-refractivity contribution is 7.18. The standard InChI is InChI=1S/C28H33ClN4O3S/c1-3-17(2)26(34)31-23(18-11-15-36-16-12-18)28(35)33-14-6-9-21(33)27-32-25-22(37-27)10-13-30-24(25)19-7-4-5-8-20(19)29/h4-5,7-8,10,13,17-18,21,23H,3,6,9,11-12,14-16H2,1-2H3,(H,31,34)/t17-,21+,23+/m1/s1. The van der Waals surface area contributed by atoms with Crippen molar-refractivity contribution in [1.29, 1.82) is 0 Å². The van der Waals surface area contributed by atoms with Crippen molar-refractivity contribution in [2.45, 2.75) is 58.0 Å². The van der Waals surface area contributed by atoms with Crippen molar-refractivity contribution in [2.24, 2.45) is 11.8 Å². The number of thiazole rings is 1. The molecule has 2 aliphatic heterocycles. The third kappa shape index (κ3) is 5.38. The lowest BCUT2D eigenvalue weighted by atomic mass is 9.90. The topological polar surface area (TPSA) is 84.4 Å². The smallest absolute Gasteiger partial charge is 0.246 e. The Morgan fingerprint density at radius 1 is 1.22 bits per heavy atom. The molecule has 1 N–H and O–H groups in total. The number of nitrogens with zero attached hydrogens (tertiary/aromatic N) is 3. The molecule has 2 saturated heterocycles. The number of benzene rings is 1. The average Bonchev–Trinajstić information content (AvgIpc) is 3.59. The van der Waals surface area contributed by atoms with Crippen LogP contribution >= 0.6 is 22.9 Å². The van der Waals surface area contributed by atoms with Crippen LogP contribution in [-0.4, -0.2) is 52.5 Å². The highest BCUT2D eigenvalue weighted by Gasteiger charge is 2.40. The van der Waals surface area contributed by atoms with Crippen LogP contribution in [0, 0.1) is 11.8 Å². The Morgan fingerprint density at radius 3 is 2.76 bits per heavy atom. The van der Waals surface area contributed by atoms with Gasteiger partial charge >= 0.3 is 0 Å². The third-order valence-electron chi connectivity index (χ3n) is 7.63. The van der Waals surface area contributed by atoms with Gasteiger partial charge in [0.1, 0.15) is 16.6 Å². The van der Waals surface area contributed by atoms with Gasteiger partial charge in [0.2, 0.25) is 11.8 Å². The van der Waals surface area contributed by atoms with Crippen molar-refractivity contribution in [3.8, 4) is 11.3 Å². The van der Waals surface area contributed by atoms with Gasteiger partial charge in [-0.05, 0) is 50.2 Å². The molecule has 1 aromatic carbocycles. The van der Waals surface area contributed by atoms with Crippen LogP contribution in [0.25, 0.3) is 21.5 Å². The maximum Gasteiger partial charge on any atom is 0.246 e. The largest absolute Gasteiger partial charge is 0.381 e. The van der Waals surface area contributed by atoms with Gasteiger partial charge in [-0.3, -0.25) is 14.6 Å². The SMILES string of the molecule is CC[C@@H](C)C(=O)N[C@H](C(=O)N1CCC[C@H]1c1nc2c(-c3ccccc3Cl)nccc2s1)C1CCOCC1. The molecule has 7 nitrogen and oxygen atoms in total. The van der Waals surface area contributed by atoms with Gasteiger partial charge in [-0.25, -0.2) is 4.98 Å². The summed E-state index contributed by atoms with van der Waals surface area (Å²) in [4.78, 5) is 38.5. The number of ether oxygens (including phenoxy) is 1. The molecule has 2 fully saturated rings. The molecule has 0 unspecified atom stereocenters. The van der Waals surface area contributed by atoms with Crippen LogP contribution in [-0.2, 0) is 14.3 Å². The zero-order chi connectivity index (χ0) is 25.9. The Hall–Kier alpha value is -2.55. The number of likely N-dealkylation sites (tertiary alicyclic amines) is 1. The van der Waals surface area contributed by atoms with Gasteiger partial charge in [0.05, 0.1) is 21.5 Å². The van der Waals surface area contributed by atoms with Crippen LogP contribution in [0.15, 0.2) is 36.5 Å². The second-order valence-electron chi connectivity index (χ2n) is 9.97. The number of nitrogens with one attached hydrogen (secondary N) is 1. The van der Waals surface area contributed by atoms with Gasteiger partial charge in [-0.1, -0.05) is 43.6 Å². The Balaban J connectivity index is 1.45. The van der Waals surface area contributed by atoms with Gasteiger partial charge in [-0.2, -0.15) is 0 Å². The lowest BCUT2D eigenvalue weighted by Gasteiger charge is -2.35. The second-order valence-corrected chi connectivity index (χ2v) is 11.4. The van der Waals surface area contributed by atoms with Crippen LogP contribution < -0.4 is 5.32 Å². The number of carbonyl (C=O) groups excluding carboxylic acids is 2. The minimum atomic E-state index is -0.541. The normalized spacial score (nSPS) is 20.2. The summed E-state index contributed by atoms with van der Waals surface area (Å²) in [6.45, 7) is 5.80. The van der Waals surface area contributed by atoms with E-state index in [1.54, 1.807) is 17.5 Å². The highest BCUT2D eigenvalue weighted by Crippen LogP contribution is 2.40. The first kappa shape index (κ1) is 26.1. The number of halogens is 1. The fraction of sp³-hybridized carbons (Fsp3) is 0.500. The molecule has 2 aromatic heterocycles. The quantitative estimate of drug-likeness (QED) is 0.419. The van der Waals surface area contributed by atoms with Crippen molar-refractivity contribution >= 4 is 45.0 Å². The Labute approximate surface area is 226 Å². The molecule has 196 valence electrons. The molecule has 0 radical (unpaired) electrons. The van der Waals surface area contributed by atoms with E-state index in [1.807, 2.05) is 49.1 Å². The van der Waals surface area contributed by atoms with E-state index in [-0.39, 0.29) is 29.7 Å². The van der Waals surface area contributed by atoms with Gasteiger partial charge in [-0.15, -0.1) is 11.3 Å². The van der Waals surface area contributed by atoms with E-state index in [2.05, 4.69) is 10.3 Å². The maximum atomic E-state index is 14.0. The van der Waals surface area contributed by atoms with Gasteiger partial charge in [0.25, 0.3) is 0 Å². The molecular weight excluding hydrogens is 508 g/mol. The van der Waals surface area contributed by atoms with Gasteiger partial charge in [0, 0.05) is 37.4 Å². The van der Waals surface area contributed by atoms with Crippen LogP contribution in [0.3, 0.4) is 0 Å². The second kappa shape index (κ2) is 11.5. The average molecular weight is 541 g/mol. The number of hydrogen-bond donors (Lipinski definition) is 1. The molecule has 2 aliphatic rings. The van der Waals surface area contributed by atoms with Crippen LogP contribution in [0.1, 0.15) is 57.0 Å². The molecule has 2 amide bonds. The summed E-state index contributed by atoms with van der Waals surface area (Å²) in [5.74, 6) is -0.125. The fourth-order valence-corrected chi connectivity index (χ4v) is 6.58. The third-order valence-corrected chi connectivity index (χ3v) is 9.09. The molecule has 37 heavy (non-hydrogen) atoms. The number of hydrogen-bond acceptors (Lipinski definition) is 6. The molecule has 3 atom stereocenters. The summed E-state index contributed by atoms with van der Waals surface area (Å²) in [6, 6.07) is 8.95. The number of carbonyl (C=O) groups is 2. The highest BCUT2D eigenvalue weighted by atomic mass is 35.5. The number of amides is 2. The number of rotatable bonds is 7. The zero-order valence-corrected chi connectivity index (χ0v) is 22.9. The van der Waals surface area contributed by atoms with E-state index >= 15 is 0 Å². The molecule has 0 spiro atoms. The number of pyridine rings is 1. The van der Waals surface area contributed by atoms with E-state index in [9.17, 15) is 9.59 Å². The summed E-state index contributed by atoms with van der Waals surface area (Å²) in [6.07, 6.45) is 5.81. The molecule has 0 aliphatic carbocycles. The lowest BCUT2D eigenvalue weighted by Crippen LogP contribution is -2.54. The van der Waals surface area contributed by atoms with Crippen molar-refractivity contribution in [2.75, 3.05) is 19.8 Å². The first-order valence-electron chi connectivity index (χ1n) is 13.2. The Morgan fingerprint density at radius 2 is 2.00 bits per heavy atom. The summed E-state index contributed by atoms with van der Waals surface area (Å²) < 4.78 is 6.57. The Bertz CT molecular complexity index is 1280. The first-order valence-corrected chi connectivity index (χ1v) is 14.4. The minimum Gasteiger partial charge on any atom is -0.381 e. The molecule has 5 rings (SSSR count). The fourth-order valence-electron chi connectivity index (χ4n) is 5.24. The summed E-state index contributed by atoms with van der Waals surface area (Å²) in [7, 11) is 0. The monoisotopic (exact) mass is 540 g/mol. The number of aromatic nitrogens is 2. The Kier molecular flexibility index (Phi) is 8.07. The predicted octanol–water partition coefficient (Wildman–Crippen LogP) is 5.63. The van der Waals surface area contributed by atoms with Gasteiger partial charge in [0.15, 0.2) is 0 Å². The van der Waals surface area contributed by atoms with Crippen LogP contribution in [0.2, 0.25) is 5.02 Å². The lowest BCUT2D eigenvalue weighted by molar-refractivity contribution is -0.140. The van der Waals surface area contributed by atoms with Crippen LogP contribution in [0.5, 0.6) is 0 Å². The van der Waals surface area contributed by atoms with Gasteiger partial charge < -0.3 is 15.0 Å². The summed E-state index contributed by atoms with van der Waals surface area (Å²) in [5, 5.41) is 4.66. The minimum absolute atomic E-state index is 0.00485. The zero-order valence-electron chi connectivity index (χ0n) is 21.3. The van der Waals surface area contributed by atoms with E-state index in [4.69, 9.17) is 21.3 Å². The maximum absolute atomic E-state index is 14.0. The predicted molar refractivity (Wildman–Crippen MR) is 146 cm³/mol. The molecule has 3 aromatic rings.